The first-order chi connectivity index (χ1) is 11.7. The largest absolute Gasteiger partial charge is 0.457 e. The standard InChI is InChI=1S/C19H16ClFN2O/c20-16-4-5-18(24-14-3-1-2-13(21)11-14)15-10-12-6-8-22-9-7-17(12)23-19(15)16/h1-5,10-11,22H,6-9H2. The molecule has 0 bridgehead atoms. The Hall–Kier alpha value is -2.17. The maximum Gasteiger partial charge on any atom is 0.136 e. The van der Waals surface area contributed by atoms with E-state index in [9.17, 15) is 4.39 Å². The highest BCUT2D eigenvalue weighted by Crippen LogP contribution is 2.35. The molecule has 5 heteroatoms. The summed E-state index contributed by atoms with van der Waals surface area (Å²) in [6.45, 7) is 1.85. The molecule has 3 aromatic rings. The minimum absolute atomic E-state index is 0.330. The summed E-state index contributed by atoms with van der Waals surface area (Å²) in [7, 11) is 0. The molecule has 0 atom stereocenters. The monoisotopic (exact) mass is 342 g/mol. The van der Waals surface area contributed by atoms with E-state index in [0.29, 0.717) is 16.5 Å². The summed E-state index contributed by atoms with van der Waals surface area (Å²) in [5.74, 6) is 0.756. The first-order valence-electron chi connectivity index (χ1n) is 7.96. The van der Waals surface area contributed by atoms with Gasteiger partial charge in [-0.15, -0.1) is 0 Å². The lowest BCUT2D eigenvalue weighted by molar-refractivity contribution is 0.482. The molecule has 0 spiro atoms. The SMILES string of the molecule is Fc1cccc(Oc2ccc(Cl)c3nc4c(cc23)CCNCC4)c1. The van der Waals surface area contributed by atoms with Gasteiger partial charge < -0.3 is 10.1 Å². The lowest BCUT2D eigenvalue weighted by atomic mass is 10.0. The van der Waals surface area contributed by atoms with E-state index in [1.165, 1.54) is 17.7 Å². The van der Waals surface area contributed by atoms with Crippen molar-refractivity contribution in [3.8, 4) is 11.5 Å². The van der Waals surface area contributed by atoms with Crippen LogP contribution in [0.5, 0.6) is 11.5 Å². The predicted octanol–water partition coefficient (Wildman–Crippen LogP) is 4.51. The average molecular weight is 343 g/mol. The molecule has 3 nitrogen and oxygen atoms in total. The van der Waals surface area contributed by atoms with Crippen LogP contribution in [0.25, 0.3) is 10.9 Å². The Morgan fingerprint density at radius 2 is 1.96 bits per heavy atom. The summed E-state index contributed by atoms with van der Waals surface area (Å²) >= 11 is 6.35. The average Bonchev–Trinajstić information content (AvgIpc) is 2.81. The molecule has 4 rings (SSSR count). The van der Waals surface area contributed by atoms with Crippen LogP contribution < -0.4 is 10.1 Å². The molecule has 0 unspecified atom stereocenters. The van der Waals surface area contributed by atoms with E-state index in [0.717, 1.165) is 42.5 Å². The van der Waals surface area contributed by atoms with Crippen LogP contribution in [0, 0.1) is 5.82 Å². The van der Waals surface area contributed by atoms with E-state index in [1.807, 2.05) is 0 Å². The van der Waals surface area contributed by atoms with Crippen molar-refractivity contribution in [1.29, 1.82) is 0 Å². The Balaban J connectivity index is 1.83. The van der Waals surface area contributed by atoms with E-state index < -0.39 is 0 Å². The number of ether oxygens (including phenoxy) is 1. The molecule has 1 aliphatic heterocycles. The van der Waals surface area contributed by atoms with Crippen LogP contribution >= 0.6 is 11.6 Å². The van der Waals surface area contributed by atoms with Gasteiger partial charge in [-0.25, -0.2) is 4.39 Å². The van der Waals surface area contributed by atoms with Gasteiger partial charge in [-0.1, -0.05) is 17.7 Å². The van der Waals surface area contributed by atoms with Gasteiger partial charge in [0.05, 0.1) is 10.5 Å². The number of rotatable bonds is 2. The third-order valence-electron chi connectivity index (χ3n) is 4.20. The van der Waals surface area contributed by atoms with Gasteiger partial charge in [0.25, 0.3) is 0 Å². The van der Waals surface area contributed by atoms with E-state index in [2.05, 4.69) is 11.4 Å². The first kappa shape index (κ1) is 15.4. The van der Waals surface area contributed by atoms with Crippen LogP contribution in [0.3, 0.4) is 0 Å². The van der Waals surface area contributed by atoms with Crippen molar-refractivity contribution in [2.75, 3.05) is 13.1 Å². The third-order valence-corrected chi connectivity index (χ3v) is 4.50. The van der Waals surface area contributed by atoms with Crippen molar-refractivity contribution < 1.29 is 9.13 Å². The van der Waals surface area contributed by atoms with E-state index in [1.54, 1.807) is 24.3 Å². The number of nitrogens with zero attached hydrogens (tertiary/aromatic N) is 1. The maximum absolute atomic E-state index is 13.4. The zero-order valence-electron chi connectivity index (χ0n) is 13.0. The van der Waals surface area contributed by atoms with Crippen molar-refractivity contribution in [3.63, 3.8) is 0 Å². The minimum atomic E-state index is -0.330. The highest BCUT2D eigenvalue weighted by atomic mass is 35.5. The molecule has 1 N–H and O–H groups in total. The number of fused-ring (bicyclic) bond motifs is 2. The number of halogens is 2. The van der Waals surface area contributed by atoms with Crippen LogP contribution in [0.1, 0.15) is 11.3 Å². The van der Waals surface area contributed by atoms with Crippen LogP contribution in [0.4, 0.5) is 4.39 Å². The molecule has 2 aromatic carbocycles. The third kappa shape index (κ3) is 2.95. The molecular formula is C19H16ClFN2O. The maximum atomic E-state index is 13.4. The molecule has 0 saturated carbocycles. The van der Waals surface area contributed by atoms with E-state index in [-0.39, 0.29) is 5.82 Å². The van der Waals surface area contributed by atoms with E-state index >= 15 is 0 Å². The fourth-order valence-electron chi connectivity index (χ4n) is 3.01. The first-order valence-corrected chi connectivity index (χ1v) is 8.34. The van der Waals surface area contributed by atoms with Crippen molar-refractivity contribution in [2.24, 2.45) is 0 Å². The second-order valence-electron chi connectivity index (χ2n) is 5.85. The number of aromatic nitrogens is 1. The zero-order chi connectivity index (χ0) is 16.5. The Morgan fingerprint density at radius 3 is 2.83 bits per heavy atom. The Kier molecular flexibility index (Phi) is 4.08. The second-order valence-corrected chi connectivity index (χ2v) is 6.25. The number of benzene rings is 2. The van der Waals surface area contributed by atoms with Gasteiger partial charge in [-0.2, -0.15) is 0 Å². The quantitative estimate of drug-likeness (QED) is 0.744. The molecule has 1 aliphatic rings. The van der Waals surface area contributed by atoms with Crippen LogP contribution in [0.15, 0.2) is 42.5 Å². The second kappa shape index (κ2) is 6.38. The summed E-state index contributed by atoms with van der Waals surface area (Å²) in [6.07, 6.45) is 1.81. The molecule has 1 aromatic heterocycles. The molecule has 0 saturated heterocycles. The molecule has 2 heterocycles. The molecule has 0 aliphatic carbocycles. The lowest BCUT2D eigenvalue weighted by Gasteiger charge is -2.13. The molecule has 0 fully saturated rings. The van der Waals surface area contributed by atoms with Crippen molar-refractivity contribution in [1.82, 2.24) is 10.3 Å². The summed E-state index contributed by atoms with van der Waals surface area (Å²) in [5, 5.41) is 4.83. The van der Waals surface area contributed by atoms with Gasteiger partial charge >= 0.3 is 0 Å². The van der Waals surface area contributed by atoms with Crippen molar-refractivity contribution in [3.05, 3.63) is 64.6 Å². The van der Waals surface area contributed by atoms with Gasteiger partial charge in [0.2, 0.25) is 0 Å². The van der Waals surface area contributed by atoms with Crippen molar-refractivity contribution >= 4 is 22.5 Å². The topological polar surface area (TPSA) is 34.1 Å². The molecule has 0 amide bonds. The Bertz CT molecular complexity index is 913. The van der Waals surface area contributed by atoms with Crippen LogP contribution in [0.2, 0.25) is 5.02 Å². The number of nitrogens with one attached hydrogen (secondary N) is 1. The van der Waals surface area contributed by atoms with E-state index in [4.69, 9.17) is 21.3 Å². The molecule has 24 heavy (non-hydrogen) atoms. The summed E-state index contributed by atoms with van der Waals surface area (Å²) in [6, 6.07) is 11.8. The molecular weight excluding hydrogens is 327 g/mol. The van der Waals surface area contributed by atoms with Gasteiger partial charge in [-0.05, 0) is 48.9 Å². The van der Waals surface area contributed by atoms with Gasteiger partial charge in [0.15, 0.2) is 0 Å². The fourth-order valence-corrected chi connectivity index (χ4v) is 3.22. The van der Waals surface area contributed by atoms with Gasteiger partial charge in [-0.3, -0.25) is 4.98 Å². The fraction of sp³-hybridized carbons (Fsp3) is 0.211. The lowest BCUT2D eigenvalue weighted by Crippen LogP contribution is -2.16. The van der Waals surface area contributed by atoms with Crippen LogP contribution in [-0.4, -0.2) is 18.1 Å². The Labute approximate surface area is 144 Å². The predicted molar refractivity (Wildman–Crippen MR) is 93.5 cm³/mol. The number of hydrogen-bond acceptors (Lipinski definition) is 3. The number of pyridine rings is 1. The summed E-state index contributed by atoms with van der Waals surface area (Å²) in [4.78, 5) is 4.77. The normalized spacial score (nSPS) is 14.2. The van der Waals surface area contributed by atoms with Gasteiger partial charge in [0.1, 0.15) is 17.3 Å². The smallest absolute Gasteiger partial charge is 0.136 e. The summed E-state index contributed by atoms with van der Waals surface area (Å²) in [5.41, 5.74) is 3.02. The van der Waals surface area contributed by atoms with Gasteiger partial charge in [0, 0.05) is 30.1 Å². The molecule has 0 radical (unpaired) electrons. The Morgan fingerprint density at radius 1 is 1.08 bits per heavy atom. The molecule has 122 valence electrons. The highest BCUT2D eigenvalue weighted by molar-refractivity contribution is 6.35. The number of hydrogen-bond donors (Lipinski definition) is 1. The minimum Gasteiger partial charge on any atom is -0.457 e. The van der Waals surface area contributed by atoms with Crippen LogP contribution in [-0.2, 0) is 12.8 Å². The van der Waals surface area contributed by atoms with Crippen molar-refractivity contribution in [2.45, 2.75) is 12.8 Å². The summed E-state index contributed by atoms with van der Waals surface area (Å²) < 4.78 is 19.3. The zero-order valence-corrected chi connectivity index (χ0v) is 13.7. The highest BCUT2D eigenvalue weighted by Gasteiger charge is 2.15.